The highest BCUT2D eigenvalue weighted by Gasteiger charge is 2.63. The van der Waals surface area contributed by atoms with E-state index in [1.807, 2.05) is 0 Å². The molecule has 16 heavy (non-hydrogen) atoms. The van der Waals surface area contributed by atoms with E-state index in [4.69, 9.17) is 0 Å². The maximum absolute atomic E-state index is 12.5. The number of hydrogen-bond acceptors (Lipinski definition) is 3. The van der Waals surface area contributed by atoms with Gasteiger partial charge in [0.2, 0.25) is 0 Å². The van der Waals surface area contributed by atoms with Crippen molar-refractivity contribution < 1.29 is 22.7 Å². The van der Waals surface area contributed by atoms with Gasteiger partial charge in [0.25, 0.3) is 0 Å². The van der Waals surface area contributed by atoms with Gasteiger partial charge in [0.05, 0.1) is 6.61 Å². The molecule has 0 radical (unpaired) electrons. The molecule has 0 aromatic rings. The van der Waals surface area contributed by atoms with Crippen LogP contribution in [0.15, 0.2) is 12.2 Å². The van der Waals surface area contributed by atoms with Crippen molar-refractivity contribution in [1.29, 1.82) is 0 Å². The largest absolute Gasteiger partial charge is 0.463 e. The third-order valence-electron chi connectivity index (χ3n) is 2.50. The number of alkyl halides is 3. The van der Waals surface area contributed by atoms with Gasteiger partial charge in [-0.15, -0.1) is 0 Å². The summed E-state index contributed by atoms with van der Waals surface area (Å²) >= 11 is 0. The number of esters is 1. The molecule has 0 atom stereocenters. The molecule has 1 aliphatic carbocycles. The van der Waals surface area contributed by atoms with Crippen molar-refractivity contribution in [3.8, 4) is 0 Å². The van der Waals surface area contributed by atoms with Crippen LogP contribution in [-0.2, 0) is 9.53 Å². The highest BCUT2D eigenvalue weighted by Crippen LogP contribution is 2.48. The van der Waals surface area contributed by atoms with Gasteiger partial charge in [0.15, 0.2) is 0 Å². The molecule has 0 unspecified atom stereocenters. The molecular formula is C10H14F3NO2. The van der Waals surface area contributed by atoms with Crippen LogP contribution in [-0.4, -0.2) is 30.8 Å². The Balaban J connectivity index is 2.41. The number of halogens is 3. The molecular weight excluding hydrogens is 223 g/mol. The van der Waals surface area contributed by atoms with Crippen molar-refractivity contribution in [3.63, 3.8) is 0 Å². The zero-order valence-electron chi connectivity index (χ0n) is 8.99. The highest BCUT2D eigenvalue weighted by atomic mass is 19.4. The van der Waals surface area contributed by atoms with Crippen molar-refractivity contribution in [2.75, 3.05) is 13.2 Å². The molecule has 0 aromatic carbocycles. The summed E-state index contributed by atoms with van der Waals surface area (Å²) in [6, 6.07) is 0. The molecule has 0 saturated heterocycles. The minimum Gasteiger partial charge on any atom is -0.463 e. The lowest BCUT2D eigenvalue weighted by Gasteiger charge is -2.20. The van der Waals surface area contributed by atoms with Crippen LogP contribution >= 0.6 is 0 Å². The summed E-state index contributed by atoms with van der Waals surface area (Å²) in [5.74, 6) is -0.659. The van der Waals surface area contributed by atoms with Crippen LogP contribution in [0.1, 0.15) is 19.8 Å². The summed E-state index contributed by atoms with van der Waals surface area (Å²) in [5.41, 5.74) is -1.81. The molecule has 0 spiro atoms. The molecule has 3 nitrogen and oxygen atoms in total. The van der Waals surface area contributed by atoms with E-state index < -0.39 is 17.7 Å². The lowest BCUT2D eigenvalue weighted by Crippen LogP contribution is -2.46. The standard InChI is InChI=1S/C10H14F3NO2/c1-3-16-8(15)7(2)6-14-9(4-5-9)10(11,12)13/h14H,2-6H2,1H3. The van der Waals surface area contributed by atoms with E-state index >= 15 is 0 Å². The smallest absolute Gasteiger partial charge is 0.406 e. The van der Waals surface area contributed by atoms with Gasteiger partial charge in [-0.25, -0.2) is 4.79 Å². The van der Waals surface area contributed by atoms with E-state index in [9.17, 15) is 18.0 Å². The SMILES string of the molecule is C=C(CNC1(C(F)(F)F)CC1)C(=O)OCC. The number of carbonyl (C=O) groups is 1. The van der Waals surface area contributed by atoms with Gasteiger partial charge in [0, 0.05) is 12.1 Å². The Morgan fingerprint density at radius 2 is 2.06 bits per heavy atom. The molecule has 6 heteroatoms. The molecule has 0 aromatic heterocycles. The Bertz CT molecular complexity index is 295. The van der Waals surface area contributed by atoms with Crippen LogP contribution in [0.5, 0.6) is 0 Å². The summed E-state index contributed by atoms with van der Waals surface area (Å²) in [5, 5.41) is 2.32. The zero-order valence-corrected chi connectivity index (χ0v) is 8.99. The second-order valence-corrected chi connectivity index (χ2v) is 3.76. The predicted octanol–water partition coefficient (Wildman–Crippen LogP) is 1.79. The topological polar surface area (TPSA) is 38.3 Å². The van der Waals surface area contributed by atoms with Gasteiger partial charge in [-0.3, -0.25) is 5.32 Å². The lowest BCUT2D eigenvalue weighted by molar-refractivity contribution is -0.165. The molecule has 92 valence electrons. The molecule has 1 N–H and O–H groups in total. The third-order valence-corrected chi connectivity index (χ3v) is 2.50. The summed E-state index contributed by atoms with van der Waals surface area (Å²) in [6.45, 7) is 4.99. The van der Waals surface area contributed by atoms with Gasteiger partial charge in [-0.1, -0.05) is 6.58 Å². The molecule has 1 saturated carbocycles. The molecule has 0 aliphatic heterocycles. The first-order valence-electron chi connectivity index (χ1n) is 4.99. The Hall–Kier alpha value is -1.04. The van der Waals surface area contributed by atoms with Gasteiger partial charge >= 0.3 is 12.1 Å². The van der Waals surface area contributed by atoms with Crippen molar-refractivity contribution in [2.24, 2.45) is 0 Å². The summed E-state index contributed by atoms with van der Waals surface area (Å²) in [4.78, 5) is 11.1. The van der Waals surface area contributed by atoms with E-state index in [0.717, 1.165) is 0 Å². The number of carbonyl (C=O) groups excluding carboxylic acids is 1. The van der Waals surface area contributed by atoms with Crippen molar-refractivity contribution >= 4 is 5.97 Å². The average molecular weight is 237 g/mol. The van der Waals surface area contributed by atoms with E-state index in [-0.39, 0.29) is 31.6 Å². The first-order valence-corrected chi connectivity index (χ1v) is 4.99. The van der Waals surface area contributed by atoms with Crippen molar-refractivity contribution in [3.05, 3.63) is 12.2 Å². The van der Waals surface area contributed by atoms with E-state index in [2.05, 4.69) is 16.6 Å². The third kappa shape index (κ3) is 2.75. The van der Waals surface area contributed by atoms with Gasteiger partial charge in [0.1, 0.15) is 5.54 Å². The lowest BCUT2D eigenvalue weighted by atomic mass is 10.2. The summed E-state index contributed by atoms with van der Waals surface area (Å²) < 4.78 is 42.1. The molecule has 1 rings (SSSR count). The fourth-order valence-corrected chi connectivity index (χ4v) is 1.27. The number of hydrogen-bond donors (Lipinski definition) is 1. The first kappa shape index (κ1) is 13.0. The summed E-state index contributed by atoms with van der Waals surface area (Å²) in [6.07, 6.45) is -4.18. The van der Waals surface area contributed by atoms with Crippen LogP contribution in [0.4, 0.5) is 13.2 Å². The van der Waals surface area contributed by atoms with Crippen LogP contribution in [0, 0.1) is 0 Å². The first-order chi connectivity index (χ1) is 7.32. The fraction of sp³-hybridized carbons (Fsp3) is 0.700. The Morgan fingerprint density at radius 1 is 1.50 bits per heavy atom. The monoisotopic (exact) mass is 237 g/mol. The Kier molecular flexibility index (Phi) is 3.62. The minimum absolute atomic E-state index is 0.0115. The second kappa shape index (κ2) is 4.45. The Morgan fingerprint density at radius 3 is 2.44 bits per heavy atom. The normalized spacial score (nSPS) is 18.0. The molecule has 1 aliphatic rings. The minimum atomic E-state index is -4.28. The summed E-state index contributed by atoms with van der Waals surface area (Å²) in [7, 11) is 0. The fourth-order valence-electron chi connectivity index (χ4n) is 1.27. The molecule has 1 fully saturated rings. The van der Waals surface area contributed by atoms with Crippen molar-refractivity contribution in [1.82, 2.24) is 5.32 Å². The number of nitrogens with one attached hydrogen (secondary N) is 1. The van der Waals surface area contributed by atoms with Crippen LogP contribution < -0.4 is 5.32 Å². The van der Waals surface area contributed by atoms with Crippen LogP contribution in [0.25, 0.3) is 0 Å². The van der Waals surface area contributed by atoms with Crippen LogP contribution in [0.2, 0.25) is 0 Å². The zero-order chi connectivity index (χ0) is 12.4. The maximum Gasteiger partial charge on any atom is 0.406 e. The van der Waals surface area contributed by atoms with Crippen molar-refractivity contribution in [2.45, 2.75) is 31.5 Å². The van der Waals surface area contributed by atoms with E-state index in [1.165, 1.54) is 0 Å². The molecule has 0 heterocycles. The van der Waals surface area contributed by atoms with Gasteiger partial charge < -0.3 is 4.74 Å². The Labute approximate surface area is 91.6 Å². The quantitative estimate of drug-likeness (QED) is 0.585. The van der Waals surface area contributed by atoms with Crippen LogP contribution in [0.3, 0.4) is 0 Å². The van der Waals surface area contributed by atoms with Gasteiger partial charge in [-0.2, -0.15) is 13.2 Å². The number of ether oxygens (including phenoxy) is 1. The number of rotatable bonds is 5. The van der Waals surface area contributed by atoms with E-state index in [0.29, 0.717) is 0 Å². The molecule has 0 amide bonds. The second-order valence-electron chi connectivity index (χ2n) is 3.76. The molecule has 0 bridgehead atoms. The van der Waals surface area contributed by atoms with Gasteiger partial charge in [-0.05, 0) is 19.8 Å². The average Bonchev–Trinajstić information content (AvgIpc) is 2.94. The maximum atomic E-state index is 12.5. The predicted molar refractivity (Wildman–Crippen MR) is 51.8 cm³/mol. The van der Waals surface area contributed by atoms with E-state index in [1.54, 1.807) is 6.92 Å². The highest BCUT2D eigenvalue weighted by molar-refractivity contribution is 5.88.